The zero-order valence-electron chi connectivity index (χ0n) is 10.4. The standard InChI is InChI=1S/C13H15NO4/c1-3-18-11-7-8-12(17-2)13-9(11)5-4-6-10(13)14(15)16/h6-8H,3-5H2,1-2H3. The largest absolute Gasteiger partial charge is 0.496 e. The first-order chi connectivity index (χ1) is 8.69. The van der Waals surface area contributed by atoms with Crippen LogP contribution in [-0.2, 0) is 6.42 Å². The topological polar surface area (TPSA) is 61.6 Å². The van der Waals surface area contributed by atoms with Crippen LogP contribution < -0.4 is 9.47 Å². The highest BCUT2D eigenvalue weighted by Gasteiger charge is 2.28. The monoisotopic (exact) mass is 249 g/mol. The second-order valence-corrected chi connectivity index (χ2v) is 3.94. The first-order valence-electron chi connectivity index (χ1n) is 5.86. The fourth-order valence-corrected chi connectivity index (χ4v) is 2.22. The minimum Gasteiger partial charge on any atom is -0.496 e. The molecule has 0 saturated carbocycles. The number of hydrogen-bond donors (Lipinski definition) is 0. The molecule has 0 atom stereocenters. The van der Waals surface area contributed by atoms with Gasteiger partial charge in [-0.15, -0.1) is 0 Å². The van der Waals surface area contributed by atoms with E-state index in [1.807, 2.05) is 13.0 Å². The molecule has 1 aromatic carbocycles. The molecular weight excluding hydrogens is 234 g/mol. The predicted octanol–water partition coefficient (Wildman–Crippen LogP) is 2.66. The van der Waals surface area contributed by atoms with Crippen LogP contribution in [0.5, 0.6) is 11.5 Å². The van der Waals surface area contributed by atoms with Crippen LogP contribution in [0, 0.1) is 10.1 Å². The summed E-state index contributed by atoms with van der Waals surface area (Å²) in [7, 11) is 1.52. The maximum absolute atomic E-state index is 11.1. The van der Waals surface area contributed by atoms with E-state index in [0.29, 0.717) is 30.1 Å². The summed E-state index contributed by atoms with van der Waals surface area (Å²) in [4.78, 5) is 10.7. The van der Waals surface area contributed by atoms with Gasteiger partial charge in [0.1, 0.15) is 17.1 Å². The van der Waals surface area contributed by atoms with E-state index < -0.39 is 0 Å². The van der Waals surface area contributed by atoms with E-state index in [-0.39, 0.29) is 10.6 Å². The average molecular weight is 249 g/mol. The van der Waals surface area contributed by atoms with Crippen LogP contribution in [0.2, 0.25) is 0 Å². The summed E-state index contributed by atoms with van der Waals surface area (Å²) in [6.07, 6.45) is 3.02. The van der Waals surface area contributed by atoms with Gasteiger partial charge >= 0.3 is 0 Å². The van der Waals surface area contributed by atoms with E-state index in [2.05, 4.69) is 0 Å². The molecule has 0 amide bonds. The molecule has 1 aromatic rings. The van der Waals surface area contributed by atoms with Gasteiger partial charge < -0.3 is 9.47 Å². The normalized spacial score (nSPS) is 13.6. The number of ether oxygens (including phenoxy) is 2. The molecule has 0 unspecified atom stereocenters. The highest BCUT2D eigenvalue weighted by molar-refractivity contribution is 5.72. The van der Waals surface area contributed by atoms with E-state index in [1.165, 1.54) is 7.11 Å². The fraction of sp³-hybridized carbons (Fsp3) is 0.385. The van der Waals surface area contributed by atoms with E-state index >= 15 is 0 Å². The highest BCUT2D eigenvalue weighted by Crippen LogP contribution is 2.39. The van der Waals surface area contributed by atoms with Crippen molar-refractivity contribution in [2.75, 3.05) is 13.7 Å². The second-order valence-electron chi connectivity index (χ2n) is 3.94. The van der Waals surface area contributed by atoms with Crippen molar-refractivity contribution >= 4 is 5.70 Å². The molecule has 2 rings (SSSR count). The molecule has 0 N–H and O–H groups in total. The zero-order valence-corrected chi connectivity index (χ0v) is 10.4. The number of fused-ring (bicyclic) bond motifs is 1. The van der Waals surface area contributed by atoms with Crippen LogP contribution in [-0.4, -0.2) is 18.6 Å². The molecule has 0 spiro atoms. The summed E-state index contributed by atoms with van der Waals surface area (Å²) in [6, 6.07) is 3.52. The van der Waals surface area contributed by atoms with E-state index in [4.69, 9.17) is 9.47 Å². The van der Waals surface area contributed by atoms with Crippen molar-refractivity contribution in [3.8, 4) is 11.5 Å². The molecule has 0 bridgehead atoms. The Kier molecular flexibility index (Phi) is 3.50. The minimum atomic E-state index is -0.365. The maximum atomic E-state index is 11.1. The Morgan fingerprint density at radius 1 is 1.39 bits per heavy atom. The quantitative estimate of drug-likeness (QED) is 0.608. The lowest BCUT2D eigenvalue weighted by atomic mass is 9.93. The Labute approximate surface area is 105 Å². The molecule has 0 radical (unpaired) electrons. The molecule has 0 aromatic heterocycles. The number of rotatable bonds is 4. The first kappa shape index (κ1) is 12.4. The molecule has 1 aliphatic rings. The molecule has 0 fully saturated rings. The van der Waals surface area contributed by atoms with Gasteiger partial charge in [-0.2, -0.15) is 0 Å². The summed E-state index contributed by atoms with van der Waals surface area (Å²) >= 11 is 0. The summed E-state index contributed by atoms with van der Waals surface area (Å²) < 4.78 is 10.8. The molecule has 18 heavy (non-hydrogen) atoms. The SMILES string of the molecule is CCOc1ccc(OC)c2c1CCC=C2[N+](=O)[O-]. The van der Waals surface area contributed by atoms with E-state index in [0.717, 1.165) is 12.0 Å². The smallest absolute Gasteiger partial charge is 0.276 e. The molecule has 0 aliphatic heterocycles. The molecule has 5 heteroatoms. The molecule has 5 nitrogen and oxygen atoms in total. The summed E-state index contributed by atoms with van der Waals surface area (Å²) in [5.74, 6) is 1.23. The van der Waals surface area contributed by atoms with Crippen LogP contribution in [0.1, 0.15) is 24.5 Å². The number of nitrogens with zero attached hydrogens (tertiary/aromatic N) is 1. The molecule has 1 aliphatic carbocycles. The van der Waals surface area contributed by atoms with Gasteiger partial charge in [0.25, 0.3) is 5.70 Å². The lowest BCUT2D eigenvalue weighted by Crippen LogP contribution is -2.10. The third-order valence-electron chi connectivity index (χ3n) is 2.94. The van der Waals surface area contributed by atoms with Crippen LogP contribution in [0.3, 0.4) is 0 Å². The average Bonchev–Trinajstić information content (AvgIpc) is 2.38. The third kappa shape index (κ3) is 2.03. The van der Waals surface area contributed by atoms with Gasteiger partial charge in [-0.05, 0) is 38.0 Å². The minimum absolute atomic E-state index is 0.106. The molecule has 0 saturated heterocycles. The van der Waals surface area contributed by atoms with Crippen LogP contribution in [0.15, 0.2) is 18.2 Å². The molecule has 96 valence electrons. The van der Waals surface area contributed by atoms with Crippen LogP contribution in [0.25, 0.3) is 5.70 Å². The molecule has 0 heterocycles. The van der Waals surface area contributed by atoms with Crippen molar-refractivity contribution in [3.05, 3.63) is 39.4 Å². The highest BCUT2D eigenvalue weighted by atomic mass is 16.6. The number of methoxy groups -OCH3 is 1. The Bertz CT molecular complexity index is 508. The van der Waals surface area contributed by atoms with Crippen molar-refractivity contribution in [2.45, 2.75) is 19.8 Å². The van der Waals surface area contributed by atoms with E-state index in [9.17, 15) is 10.1 Å². The number of nitro groups is 1. The number of benzene rings is 1. The van der Waals surface area contributed by atoms with Crippen molar-refractivity contribution in [1.82, 2.24) is 0 Å². The number of hydrogen-bond acceptors (Lipinski definition) is 4. The lowest BCUT2D eigenvalue weighted by molar-refractivity contribution is -0.376. The van der Waals surface area contributed by atoms with Crippen molar-refractivity contribution < 1.29 is 14.4 Å². The number of allylic oxidation sites excluding steroid dienone is 1. The Morgan fingerprint density at radius 2 is 2.11 bits per heavy atom. The lowest BCUT2D eigenvalue weighted by Gasteiger charge is -2.18. The van der Waals surface area contributed by atoms with Crippen molar-refractivity contribution in [1.29, 1.82) is 0 Å². The molecular formula is C13H15NO4. The van der Waals surface area contributed by atoms with Gasteiger partial charge in [0.15, 0.2) is 0 Å². The summed E-state index contributed by atoms with van der Waals surface area (Å²) in [5, 5.41) is 11.1. The fourth-order valence-electron chi connectivity index (χ4n) is 2.22. The predicted molar refractivity (Wildman–Crippen MR) is 67.5 cm³/mol. The van der Waals surface area contributed by atoms with Gasteiger partial charge in [-0.1, -0.05) is 0 Å². The van der Waals surface area contributed by atoms with Crippen LogP contribution >= 0.6 is 0 Å². The van der Waals surface area contributed by atoms with Gasteiger partial charge in [0.2, 0.25) is 0 Å². The van der Waals surface area contributed by atoms with Gasteiger partial charge in [0, 0.05) is 5.56 Å². The Balaban J connectivity index is 2.61. The van der Waals surface area contributed by atoms with Crippen LogP contribution in [0.4, 0.5) is 0 Å². The van der Waals surface area contributed by atoms with Gasteiger partial charge in [-0.3, -0.25) is 10.1 Å². The second kappa shape index (κ2) is 5.08. The zero-order chi connectivity index (χ0) is 13.1. The Hall–Kier alpha value is -2.04. The Morgan fingerprint density at radius 3 is 2.72 bits per heavy atom. The van der Waals surface area contributed by atoms with Crippen molar-refractivity contribution in [3.63, 3.8) is 0 Å². The maximum Gasteiger partial charge on any atom is 0.276 e. The van der Waals surface area contributed by atoms with E-state index in [1.54, 1.807) is 12.1 Å². The summed E-state index contributed by atoms with van der Waals surface area (Å²) in [5.41, 5.74) is 1.53. The third-order valence-corrected chi connectivity index (χ3v) is 2.94. The van der Waals surface area contributed by atoms with Gasteiger partial charge in [0.05, 0.1) is 18.6 Å². The summed E-state index contributed by atoms with van der Waals surface area (Å²) in [6.45, 7) is 2.43. The van der Waals surface area contributed by atoms with Gasteiger partial charge in [-0.25, -0.2) is 0 Å². The van der Waals surface area contributed by atoms with Crippen molar-refractivity contribution in [2.24, 2.45) is 0 Å². The first-order valence-corrected chi connectivity index (χ1v) is 5.86.